The Morgan fingerprint density at radius 3 is 2.97 bits per heavy atom. The van der Waals surface area contributed by atoms with Crippen molar-refractivity contribution in [2.45, 2.75) is 6.54 Å². The van der Waals surface area contributed by atoms with Gasteiger partial charge in [0.05, 0.1) is 13.4 Å². The molecule has 4 heterocycles. The van der Waals surface area contributed by atoms with E-state index in [1.165, 1.54) is 0 Å². The Bertz CT molecular complexity index is 1290. The Kier molecular flexibility index (Phi) is 4.09. The number of carbonyl (C=O) groups excluding carboxylic acids is 1. The van der Waals surface area contributed by atoms with Crippen LogP contribution in [0.1, 0.15) is 10.6 Å². The zero-order valence-corrected chi connectivity index (χ0v) is 15.7. The van der Waals surface area contributed by atoms with Crippen LogP contribution in [0.25, 0.3) is 28.1 Å². The zero-order valence-electron chi connectivity index (χ0n) is 15.7. The average Bonchev–Trinajstić information content (AvgIpc) is 3.50. The minimum atomic E-state index is -0.267. The van der Waals surface area contributed by atoms with Crippen LogP contribution in [0.4, 0.5) is 0 Å². The van der Waals surface area contributed by atoms with Crippen molar-refractivity contribution in [1.82, 2.24) is 19.5 Å². The first-order valence-electron chi connectivity index (χ1n) is 9.16. The van der Waals surface area contributed by atoms with E-state index in [4.69, 9.17) is 13.6 Å². The number of benzene rings is 1. The lowest BCUT2D eigenvalue weighted by molar-refractivity contribution is 0.0926. The van der Waals surface area contributed by atoms with Gasteiger partial charge in [-0.25, -0.2) is 4.52 Å². The number of furan rings is 2. The number of nitrogens with zero attached hydrogens (tertiary/aromatic N) is 3. The van der Waals surface area contributed by atoms with Crippen LogP contribution in [0.3, 0.4) is 0 Å². The Hall–Kier alpha value is -3.94. The molecule has 146 valence electrons. The molecule has 0 aliphatic heterocycles. The lowest BCUT2D eigenvalue weighted by Gasteiger charge is -2.05. The summed E-state index contributed by atoms with van der Waals surface area (Å²) in [6.45, 7) is 1.04. The molecular weight excluding hydrogens is 372 g/mol. The van der Waals surface area contributed by atoms with Gasteiger partial charge < -0.3 is 23.5 Å². The highest BCUT2D eigenvalue weighted by Crippen LogP contribution is 2.28. The van der Waals surface area contributed by atoms with Crippen LogP contribution in [0.15, 0.2) is 70.0 Å². The van der Waals surface area contributed by atoms with E-state index >= 15 is 0 Å². The third kappa shape index (κ3) is 3.04. The van der Waals surface area contributed by atoms with E-state index in [-0.39, 0.29) is 11.7 Å². The van der Waals surface area contributed by atoms with Crippen molar-refractivity contribution in [2.75, 3.05) is 13.7 Å². The number of carbonyl (C=O) groups is 1. The fourth-order valence-corrected chi connectivity index (χ4v) is 3.35. The summed E-state index contributed by atoms with van der Waals surface area (Å²) in [5, 5.41) is 8.21. The molecule has 0 spiro atoms. The average molecular weight is 390 g/mol. The number of nitrogens with one attached hydrogen (secondary N) is 1. The molecule has 5 rings (SSSR count). The number of hydrogen-bond donors (Lipinski definition) is 1. The largest absolute Gasteiger partial charge is 0.493 e. The molecule has 29 heavy (non-hydrogen) atoms. The van der Waals surface area contributed by atoms with E-state index in [1.807, 2.05) is 47.3 Å². The number of rotatable bonds is 6. The van der Waals surface area contributed by atoms with Gasteiger partial charge in [-0.2, -0.15) is 5.10 Å². The van der Waals surface area contributed by atoms with Crippen molar-refractivity contribution >= 4 is 22.5 Å². The number of amides is 1. The third-order valence-electron chi connectivity index (χ3n) is 4.76. The molecule has 0 unspecified atom stereocenters. The number of hydrogen-bond acceptors (Lipinski definition) is 5. The molecule has 8 heteroatoms. The van der Waals surface area contributed by atoms with Gasteiger partial charge in [0.1, 0.15) is 11.3 Å². The smallest absolute Gasteiger partial charge is 0.287 e. The summed E-state index contributed by atoms with van der Waals surface area (Å²) in [4.78, 5) is 12.5. The quantitative estimate of drug-likeness (QED) is 0.479. The van der Waals surface area contributed by atoms with Crippen molar-refractivity contribution in [3.05, 3.63) is 66.9 Å². The molecule has 0 fully saturated rings. The lowest BCUT2D eigenvalue weighted by atomic mass is 10.2. The predicted molar refractivity (Wildman–Crippen MR) is 106 cm³/mol. The zero-order chi connectivity index (χ0) is 19.8. The highest BCUT2D eigenvalue weighted by atomic mass is 16.5. The van der Waals surface area contributed by atoms with Gasteiger partial charge >= 0.3 is 0 Å². The van der Waals surface area contributed by atoms with E-state index in [9.17, 15) is 4.79 Å². The molecule has 1 N–H and O–H groups in total. The Morgan fingerprint density at radius 2 is 2.14 bits per heavy atom. The number of aromatic nitrogens is 3. The van der Waals surface area contributed by atoms with Crippen LogP contribution in [-0.2, 0) is 6.54 Å². The number of para-hydroxylation sites is 1. The summed E-state index contributed by atoms with van der Waals surface area (Å²) in [5.74, 6) is 1.31. The molecule has 0 saturated heterocycles. The van der Waals surface area contributed by atoms with Crippen LogP contribution >= 0.6 is 0 Å². The van der Waals surface area contributed by atoms with E-state index in [2.05, 4.69) is 10.4 Å². The highest BCUT2D eigenvalue weighted by molar-refractivity contribution is 5.97. The molecule has 1 amide bonds. The van der Waals surface area contributed by atoms with Gasteiger partial charge in [-0.1, -0.05) is 12.1 Å². The van der Waals surface area contributed by atoms with E-state index in [0.29, 0.717) is 30.2 Å². The molecule has 0 aliphatic carbocycles. The van der Waals surface area contributed by atoms with Crippen LogP contribution < -0.4 is 10.1 Å². The van der Waals surface area contributed by atoms with Crippen molar-refractivity contribution < 1.29 is 18.4 Å². The summed E-state index contributed by atoms with van der Waals surface area (Å²) in [6.07, 6.45) is 5.41. The van der Waals surface area contributed by atoms with Crippen molar-refractivity contribution in [3.63, 3.8) is 0 Å². The van der Waals surface area contributed by atoms with Gasteiger partial charge in [0, 0.05) is 36.9 Å². The Labute approximate surface area is 165 Å². The molecule has 8 nitrogen and oxygen atoms in total. The summed E-state index contributed by atoms with van der Waals surface area (Å²) in [7, 11) is 1.57. The molecule has 0 bridgehead atoms. The fraction of sp³-hybridized carbons (Fsp3) is 0.143. The minimum absolute atomic E-state index is 0.256. The number of ether oxygens (including phenoxy) is 1. The SMILES string of the molecule is COc1cccc2cc(C(=O)NCCn3ccn4nc(-c5ccco5)cc34)oc12. The summed E-state index contributed by atoms with van der Waals surface area (Å²) in [6, 6.07) is 12.9. The number of methoxy groups -OCH3 is 1. The maximum absolute atomic E-state index is 12.5. The van der Waals surface area contributed by atoms with E-state index in [1.54, 1.807) is 30.0 Å². The van der Waals surface area contributed by atoms with Crippen LogP contribution in [0.2, 0.25) is 0 Å². The molecule has 0 saturated carbocycles. The topological polar surface area (TPSA) is 86.8 Å². The maximum Gasteiger partial charge on any atom is 0.287 e. The molecule has 0 radical (unpaired) electrons. The molecule has 0 atom stereocenters. The fourth-order valence-electron chi connectivity index (χ4n) is 3.35. The molecule has 4 aromatic heterocycles. The van der Waals surface area contributed by atoms with Gasteiger partial charge in [-0.15, -0.1) is 0 Å². The van der Waals surface area contributed by atoms with Gasteiger partial charge in [-0.05, 0) is 24.3 Å². The van der Waals surface area contributed by atoms with E-state index in [0.717, 1.165) is 16.7 Å². The van der Waals surface area contributed by atoms with Crippen molar-refractivity contribution in [3.8, 4) is 17.2 Å². The van der Waals surface area contributed by atoms with Gasteiger partial charge in [0.2, 0.25) is 0 Å². The normalized spacial score (nSPS) is 11.3. The van der Waals surface area contributed by atoms with Crippen molar-refractivity contribution in [2.24, 2.45) is 0 Å². The first-order valence-corrected chi connectivity index (χ1v) is 9.16. The van der Waals surface area contributed by atoms with Crippen LogP contribution in [0.5, 0.6) is 5.75 Å². The Balaban J connectivity index is 1.28. The summed E-state index contributed by atoms with van der Waals surface area (Å²) < 4.78 is 20.2. The molecular formula is C21H18N4O4. The minimum Gasteiger partial charge on any atom is -0.493 e. The molecule has 1 aromatic carbocycles. The predicted octanol–water partition coefficient (Wildman–Crippen LogP) is 3.58. The molecule has 5 aromatic rings. The van der Waals surface area contributed by atoms with Crippen molar-refractivity contribution in [1.29, 1.82) is 0 Å². The Morgan fingerprint density at radius 1 is 1.21 bits per heavy atom. The monoisotopic (exact) mass is 390 g/mol. The highest BCUT2D eigenvalue weighted by Gasteiger charge is 2.15. The third-order valence-corrected chi connectivity index (χ3v) is 4.76. The first kappa shape index (κ1) is 17.2. The maximum atomic E-state index is 12.5. The molecule has 0 aliphatic rings. The summed E-state index contributed by atoms with van der Waals surface area (Å²) >= 11 is 0. The first-order chi connectivity index (χ1) is 14.2. The number of imidazole rings is 1. The van der Waals surface area contributed by atoms with Crippen LogP contribution in [0, 0.1) is 0 Å². The second-order valence-electron chi connectivity index (χ2n) is 6.55. The van der Waals surface area contributed by atoms with Crippen LogP contribution in [-0.4, -0.2) is 33.7 Å². The lowest BCUT2D eigenvalue weighted by Crippen LogP contribution is -2.26. The van der Waals surface area contributed by atoms with E-state index < -0.39 is 0 Å². The second-order valence-corrected chi connectivity index (χ2v) is 6.55. The second kappa shape index (κ2) is 6.90. The number of fused-ring (bicyclic) bond motifs is 2. The standard InChI is InChI=1S/C21H18N4O4/c1-27-17-5-2-4-14-12-18(29-20(14)17)21(26)22-7-8-24-9-10-25-19(24)13-15(23-25)16-6-3-11-28-16/h2-6,9-13H,7-8H2,1H3,(H,22,26). The summed E-state index contributed by atoms with van der Waals surface area (Å²) in [5.41, 5.74) is 2.25. The van der Waals surface area contributed by atoms with Gasteiger partial charge in [0.25, 0.3) is 5.91 Å². The van der Waals surface area contributed by atoms with Gasteiger partial charge in [-0.3, -0.25) is 4.79 Å². The van der Waals surface area contributed by atoms with Gasteiger partial charge in [0.15, 0.2) is 22.9 Å².